The Bertz CT molecular complexity index is 249. The number of carbonyl (C=O) groups is 2. The highest BCUT2D eigenvalue weighted by atomic mass is 16.7. The molecule has 0 N–H and O–H groups in total. The molecule has 0 aromatic rings. The molecule has 1 fully saturated rings. The Balaban J connectivity index is 2.79. The SMILES string of the molecule is COC(=O)[C@H]1CC(OC)(OC)CCC1=O. The number of hydrogen-bond donors (Lipinski definition) is 0. The van der Waals surface area contributed by atoms with E-state index < -0.39 is 17.7 Å². The van der Waals surface area contributed by atoms with Crippen LogP contribution < -0.4 is 0 Å². The maximum atomic E-state index is 11.5. The van der Waals surface area contributed by atoms with Gasteiger partial charge in [-0.3, -0.25) is 9.59 Å². The molecule has 0 aromatic heterocycles. The van der Waals surface area contributed by atoms with E-state index in [1.54, 1.807) is 0 Å². The van der Waals surface area contributed by atoms with E-state index in [1.807, 2.05) is 0 Å². The van der Waals surface area contributed by atoms with Crippen LogP contribution >= 0.6 is 0 Å². The van der Waals surface area contributed by atoms with Gasteiger partial charge in [0.25, 0.3) is 0 Å². The lowest BCUT2D eigenvalue weighted by molar-refractivity contribution is -0.230. The van der Waals surface area contributed by atoms with Gasteiger partial charge in [0.1, 0.15) is 11.7 Å². The summed E-state index contributed by atoms with van der Waals surface area (Å²) >= 11 is 0. The van der Waals surface area contributed by atoms with E-state index in [2.05, 4.69) is 4.74 Å². The molecular weight excluding hydrogens is 200 g/mol. The van der Waals surface area contributed by atoms with E-state index in [1.165, 1.54) is 21.3 Å². The number of methoxy groups -OCH3 is 3. The van der Waals surface area contributed by atoms with Crippen LogP contribution in [-0.4, -0.2) is 38.9 Å². The van der Waals surface area contributed by atoms with Crippen LogP contribution in [0.15, 0.2) is 0 Å². The molecule has 5 heteroatoms. The van der Waals surface area contributed by atoms with Crippen LogP contribution in [0.2, 0.25) is 0 Å². The summed E-state index contributed by atoms with van der Waals surface area (Å²) in [5.74, 6) is -2.21. The van der Waals surface area contributed by atoms with Gasteiger partial charge in [0.15, 0.2) is 5.79 Å². The molecule has 0 unspecified atom stereocenters. The summed E-state index contributed by atoms with van der Waals surface area (Å²) in [7, 11) is 4.28. The molecule has 15 heavy (non-hydrogen) atoms. The fraction of sp³-hybridized carbons (Fsp3) is 0.800. The van der Waals surface area contributed by atoms with Gasteiger partial charge in [-0.15, -0.1) is 0 Å². The van der Waals surface area contributed by atoms with Crippen molar-refractivity contribution in [1.29, 1.82) is 0 Å². The Labute approximate surface area is 88.7 Å². The molecule has 0 aliphatic heterocycles. The second-order valence-electron chi connectivity index (χ2n) is 3.57. The predicted molar refractivity (Wildman–Crippen MR) is 51.1 cm³/mol. The lowest BCUT2D eigenvalue weighted by atomic mass is 9.83. The summed E-state index contributed by atoms with van der Waals surface area (Å²) in [6.45, 7) is 0. The topological polar surface area (TPSA) is 61.8 Å². The van der Waals surface area contributed by atoms with Crippen LogP contribution in [-0.2, 0) is 23.8 Å². The Hall–Kier alpha value is -0.940. The van der Waals surface area contributed by atoms with Gasteiger partial charge in [0.05, 0.1) is 7.11 Å². The van der Waals surface area contributed by atoms with Crippen LogP contribution in [0, 0.1) is 5.92 Å². The lowest BCUT2D eigenvalue weighted by Crippen LogP contribution is -2.45. The zero-order valence-corrected chi connectivity index (χ0v) is 9.24. The molecule has 1 aliphatic rings. The molecule has 1 atom stereocenters. The largest absolute Gasteiger partial charge is 0.468 e. The van der Waals surface area contributed by atoms with Gasteiger partial charge >= 0.3 is 5.97 Å². The van der Waals surface area contributed by atoms with Gasteiger partial charge in [-0.2, -0.15) is 0 Å². The Kier molecular flexibility index (Phi) is 3.82. The summed E-state index contributed by atoms with van der Waals surface area (Å²) in [6, 6.07) is 0. The van der Waals surface area contributed by atoms with E-state index >= 15 is 0 Å². The maximum absolute atomic E-state index is 11.5. The molecule has 0 bridgehead atoms. The smallest absolute Gasteiger partial charge is 0.316 e. The zero-order valence-electron chi connectivity index (χ0n) is 9.24. The highest BCUT2D eigenvalue weighted by Crippen LogP contribution is 2.34. The Morgan fingerprint density at radius 3 is 2.40 bits per heavy atom. The van der Waals surface area contributed by atoms with Crippen molar-refractivity contribution in [3.05, 3.63) is 0 Å². The Morgan fingerprint density at radius 2 is 1.93 bits per heavy atom. The molecule has 1 aliphatic carbocycles. The number of ether oxygens (including phenoxy) is 3. The van der Waals surface area contributed by atoms with E-state index in [0.29, 0.717) is 6.42 Å². The van der Waals surface area contributed by atoms with Crippen LogP contribution in [0.5, 0.6) is 0 Å². The summed E-state index contributed by atoms with van der Waals surface area (Å²) in [5, 5.41) is 0. The number of Topliss-reactive ketones (excluding diaryl/α,β-unsaturated/α-hetero) is 1. The number of rotatable bonds is 3. The standard InChI is InChI=1S/C10H16O5/c1-13-9(12)7-6-10(14-2,15-3)5-4-8(7)11/h7H,4-6H2,1-3H3/t7-/m0/s1. The summed E-state index contributed by atoms with van der Waals surface area (Å²) in [5.41, 5.74) is 0. The van der Waals surface area contributed by atoms with Gasteiger partial charge in [-0.1, -0.05) is 0 Å². The normalized spacial score (nSPS) is 25.0. The van der Waals surface area contributed by atoms with E-state index in [0.717, 1.165) is 0 Å². The highest BCUT2D eigenvalue weighted by molar-refractivity contribution is 5.99. The monoisotopic (exact) mass is 216 g/mol. The van der Waals surface area contributed by atoms with Crippen molar-refractivity contribution < 1.29 is 23.8 Å². The molecular formula is C10H16O5. The second kappa shape index (κ2) is 4.72. The zero-order chi connectivity index (χ0) is 11.5. The fourth-order valence-electron chi connectivity index (χ4n) is 1.83. The maximum Gasteiger partial charge on any atom is 0.316 e. The van der Waals surface area contributed by atoms with Crippen LogP contribution in [0.25, 0.3) is 0 Å². The van der Waals surface area contributed by atoms with Crippen molar-refractivity contribution >= 4 is 11.8 Å². The summed E-state index contributed by atoms with van der Waals surface area (Å²) < 4.78 is 15.0. The van der Waals surface area contributed by atoms with Crippen LogP contribution in [0.4, 0.5) is 0 Å². The molecule has 0 amide bonds. The summed E-state index contributed by atoms with van der Waals surface area (Å²) in [4.78, 5) is 22.8. The first-order valence-corrected chi connectivity index (χ1v) is 4.79. The fourth-order valence-corrected chi connectivity index (χ4v) is 1.83. The van der Waals surface area contributed by atoms with Gasteiger partial charge in [0, 0.05) is 33.5 Å². The number of hydrogen-bond acceptors (Lipinski definition) is 5. The highest BCUT2D eigenvalue weighted by Gasteiger charge is 2.44. The molecule has 86 valence electrons. The van der Waals surface area contributed by atoms with Gasteiger partial charge in [-0.05, 0) is 0 Å². The average molecular weight is 216 g/mol. The first-order chi connectivity index (χ1) is 7.08. The minimum Gasteiger partial charge on any atom is -0.468 e. The molecule has 0 saturated heterocycles. The van der Waals surface area contributed by atoms with Crippen molar-refractivity contribution in [2.45, 2.75) is 25.0 Å². The number of carbonyl (C=O) groups excluding carboxylic acids is 2. The first kappa shape index (κ1) is 12.1. The first-order valence-electron chi connectivity index (χ1n) is 4.79. The molecule has 1 rings (SSSR count). The summed E-state index contributed by atoms with van der Waals surface area (Å²) in [6.07, 6.45) is 0.985. The van der Waals surface area contributed by atoms with Crippen molar-refractivity contribution in [3.63, 3.8) is 0 Å². The Morgan fingerprint density at radius 1 is 1.33 bits per heavy atom. The second-order valence-corrected chi connectivity index (χ2v) is 3.57. The number of esters is 1. The van der Waals surface area contributed by atoms with Gasteiger partial charge < -0.3 is 14.2 Å². The van der Waals surface area contributed by atoms with Crippen molar-refractivity contribution in [2.75, 3.05) is 21.3 Å². The minimum absolute atomic E-state index is 0.105. The van der Waals surface area contributed by atoms with E-state index in [-0.39, 0.29) is 18.6 Å². The third-order valence-electron chi connectivity index (χ3n) is 2.89. The molecule has 0 aromatic carbocycles. The molecule has 1 saturated carbocycles. The lowest BCUT2D eigenvalue weighted by Gasteiger charge is -2.36. The van der Waals surface area contributed by atoms with Crippen molar-refractivity contribution in [3.8, 4) is 0 Å². The average Bonchev–Trinajstić information content (AvgIpc) is 2.29. The molecule has 0 spiro atoms. The van der Waals surface area contributed by atoms with Gasteiger partial charge in [-0.25, -0.2) is 0 Å². The van der Waals surface area contributed by atoms with Crippen LogP contribution in [0.1, 0.15) is 19.3 Å². The van der Waals surface area contributed by atoms with Crippen molar-refractivity contribution in [1.82, 2.24) is 0 Å². The molecule has 0 heterocycles. The van der Waals surface area contributed by atoms with Crippen molar-refractivity contribution in [2.24, 2.45) is 5.92 Å². The van der Waals surface area contributed by atoms with E-state index in [4.69, 9.17) is 9.47 Å². The van der Waals surface area contributed by atoms with E-state index in [9.17, 15) is 9.59 Å². The molecule has 5 nitrogen and oxygen atoms in total. The third kappa shape index (κ3) is 2.35. The van der Waals surface area contributed by atoms with Crippen LogP contribution in [0.3, 0.4) is 0 Å². The quantitative estimate of drug-likeness (QED) is 0.391. The predicted octanol–water partition coefficient (Wildman–Crippen LogP) is 0.518. The third-order valence-corrected chi connectivity index (χ3v) is 2.89. The molecule has 0 radical (unpaired) electrons. The van der Waals surface area contributed by atoms with Gasteiger partial charge in [0.2, 0.25) is 0 Å². The minimum atomic E-state index is -0.827. The number of ketones is 1.